The molecule has 0 radical (unpaired) electrons. The first-order valence-electron chi connectivity index (χ1n) is 6.30. The molecule has 0 heterocycles. The molecule has 3 heteroatoms. The zero-order valence-electron chi connectivity index (χ0n) is 9.98. The predicted molar refractivity (Wildman–Crippen MR) is 67.6 cm³/mol. The van der Waals surface area contributed by atoms with Crippen LogP contribution in [0.1, 0.15) is 37.7 Å². The number of aliphatic hydroxyl groups excluding tert-OH is 1. The molecule has 1 saturated carbocycles. The molecule has 0 unspecified atom stereocenters. The van der Waals surface area contributed by atoms with E-state index in [1.807, 2.05) is 24.3 Å². The molecule has 1 amide bonds. The Morgan fingerprint density at radius 2 is 1.82 bits per heavy atom. The molecular formula is C14H19NO2. The SMILES string of the molecule is O=C(Nc1ccc(CO)cc1)C1CCCCC1. The number of nitrogens with one attached hydrogen (secondary N) is 1. The van der Waals surface area contributed by atoms with E-state index < -0.39 is 0 Å². The van der Waals surface area contributed by atoms with Crippen LogP contribution in [0.2, 0.25) is 0 Å². The number of carbonyl (C=O) groups is 1. The van der Waals surface area contributed by atoms with Gasteiger partial charge in [-0.25, -0.2) is 0 Å². The average molecular weight is 233 g/mol. The van der Waals surface area contributed by atoms with Gasteiger partial charge < -0.3 is 10.4 Å². The van der Waals surface area contributed by atoms with E-state index in [0.29, 0.717) is 0 Å². The Kier molecular flexibility index (Phi) is 4.15. The number of hydrogen-bond donors (Lipinski definition) is 2. The molecule has 1 aromatic carbocycles. The highest BCUT2D eigenvalue weighted by atomic mass is 16.3. The van der Waals surface area contributed by atoms with Gasteiger partial charge in [-0.3, -0.25) is 4.79 Å². The number of anilines is 1. The number of aliphatic hydroxyl groups is 1. The lowest BCUT2D eigenvalue weighted by atomic mass is 9.88. The maximum atomic E-state index is 12.0. The lowest BCUT2D eigenvalue weighted by Crippen LogP contribution is -2.24. The van der Waals surface area contributed by atoms with E-state index in [9.17, 15) is 4.79 Å². The quantitative estimate of drug-likeness (QED) is 0.843. The topological polar surface area (TPSA) is 49.3 Å². The van der Waals surface area contributed by atoms with Crippen molar-refractivity contribution in [2.75, 3.05) is 5.32 Å². The molecule has 1 fully saturated rings. The fourth-order valence-corrected chi connectivity index (χ4v) is 2.30. The summed E-state index contributed by atoms with van der Waals surface area (Å²) in [5.41, 5.74) is 1.68. The molecular weight excluding hydrogens is 214 g/mol. The minimum Gasteiger partial charge on any atom is -0.392 e. The number of hydrogen-bond acceptors (Lipinski definition) is 2. The molecule has 1 aliphatic rings. The first-order valence-corrected chi connectivity index (χ1v) is 6.30. The molecule has 3 nitrogen and oxygen atoms in total. The Bertz CT molecular complexity index is 366. The number of amides is 1. The van der Waals surface area contributed by atoms with Gasteiger partial charge >= 0.3 is 0 Å². The maximum Gasteiger partial charge on any atom is 0.227 e. The van der Waals surface area contributed by atoms with Crippen molar-refractivity contribution in [3.05, 3.63) is 29.8 Å². The van der Waals surface area contributed by atoms with Crippen molar-refractivity contribution in [3.8, 4) is 0 Å². The Morgan fingerprint density at radius 1 is 1.18 bits per heavy atom. The van der Waals surface area contributed by atoms with E-state index in [-0.39, 0.29) is 18.4 Å². The van der Waals surface area contributed by atoms with Crippen LogP contribution < -0.4 is 5.32 Å². The molecule has 0 saturated heterocycles. The summed E-state index contributed by atoms with van der Waals surface area (Å²) in [6.07, 6.45) is 5.62. The highest BCUT2D eigenvalue weighted by molar-refractivity contribution is 5.92. The molecule has 0 spiro atoms. The van der Waals surface area contributed by atoms with Gasteiger partial charge in [0.1, 0.15) is 0 Å². The van der Waals surface area contributed by atoms with Crippen LogP contribution in [0, 0.1) is 5.92 Å². The van der Waals surface area contributed by atoms with Crippen molar-refractivity contribution in [3.63, 3.8) is 0 Å². The minimum absolute atomic E-state index is 0.0385. The van der Waals surface area contributed by atoms with E-state index >= 15 is 0 Å². The second-order valence-corrected chi connectivity index (χ2v) is 4.68. The van der Waals surface area contributed by atoms with Crippen molar-refractivity contribution in [1.29, 1.82) is 0 Å². The predicted octanol–water partition coefficient (Wildman–Crippen LogP) is 2.70. The summed E-state index contributed by atoms with van der Waals surface area (Å²) in [7, 11) is 0. The Hall–Kier alpha value is -1.35. The molecule has 0 atom stereocenters. The molecule has 0 aliphatic heterocycles. The molecule has 0 bridgehead atoms. The van der Waals surface area contributed by atoms with Gasteiger partial charge in [-0.1, -0.05) is 31.4 Å². The molecule has 1 aliphatic carbocycles. The van der Waals surface area contributed by atoms with Gasteiger partial charge in [-0.05, 0) is 30.5 Å². The van der Waals surface area contributed by atoms with Gasteiger partial charge in [0.15, 0.2) is 0 Å². The Balaban J connectivity index is 1.92. The summed E-state index contributed by atoms with van der Waals surface area (Å²) < 4.78 is 0. The number of carbonyl (C=O) groups excluding carboxylic acids is 1. The molecule has 2 N–H and O–H groups in total. The van der Waals surface area contributed by atoms with Crippen LogP contribution in [0.3, 0.4) is 0 Å². The molecule has 17 heavy (non-hydrogen) atoms. The van der Waals surface area contributed by atoms with Crippen molar-refractivity contribution in [2.45, 2.75) is 38.7 Å². The van der Waals surface area contributed by atoms with Crippen molar-refractivity contribution < 1.29 is 9.90 Å². The maximum absolute atomic E-state index is 12.0. The van der Waals surface area contributed by atoms with E-state index in [2.05, 4.69) is 5.32 Å². The Morgan fingerprint density at radius 3 is 2.41 bits per heavy atom. The van der Waals surface area contributed by atoms with Crippen LogP contribution in [-0.4, -0.2) is 11.0 Å². The van der Waals surface area contributed by atoms with Crippen LogP contribution in [0.25, 0.3) is 0 Å². The van der Waals surface area contributed by atoms with Crippen molar-refractivity contribution in [2.24, 2.45) is 5.92 Å². The van der Waals surface area contributed by atoms with Crippen LogP contribution in [0.4, 0.5) is 5.69 Å². The number of benzene rings is 1. The van der Waals surface area contributed by atoms with E-state index in [4.69, 9.17) is 5.11 Å². The zero-order chi connectivity index (χ0) is 12.1. The Labute approximate surface area is 102 Å². The summed E-state index contributed by atoms with van der Waals surface area (Å²) in [5, 5.41) is 11.9. The van der Waals surface area contributed by atoms with Gasteiger partial charge in [0.2, 0.25) is 5.91 Å². The first kappa shape index (κ1) is 12.1. The second-order valence-electron chi connectivity index (χ2n) is 4.68. The third-order valence-electron chi connectivity index (χ3n) is 3.38. The van der Waals surface area contributed by atoms with Crippen LogP contribution in [0.5, 0.6) is 0 Å². The monoisotopic (exact) mass is 233 g/mol. The zero-order valence-corrected chi connectivity index (χ0v) is 9.98. The van der Waals surface area contributed by atoms with Crippen molar-refractivity contribution in [1.82, 2.24) is 0 Å². The van der Waals surface area contributed by atoms with Crippen LogP contribution in [0.15, 0.2) is 24.3 Å². The molecule has 92 valence electrons. The van der Waals surface area contributed by atoms with E-state index in [0.717, 1.165) is 24.1 Å². The lowest BCUT2D eigenvalue weighted by Gasteiger charge is -2.20. The van der Waals surface area contributed by atoms with Gasteiger partial charge in [-0.15, -0.1) is 0 Å². The van der Waals surface area contributed by atoms with Gasteiger partial charge in [0.05, 0.1) is 6.61 Å². The average Bonchev–Trinajstić information content (AvgIpc) is 2.40. The summed E-state index contributed by atoms with van der Waals surface area (Å²) in [6.45, 7) is 0.0385. The third-order valence-corrected chi connectivity index (χ3v) is 3.38. The first-order chi connectivity index (χ1) is 8.29. The standard InChI is InChI=1S/C14H19NO2/c16-10-11-6-8-13(9-7-11)15-14(17)12-4-2-1-3-5-12/h6-9,12,16H,1-5,10H2,(H,15,17). The van der Waals surface area contributed by atoms with E-state index in [1.54, 1.807) is 0 Å². The van der Waals surface area contributed by atoms with Crippen molar-refractivity contribution >= 4 is 11.6 Å². The highest BCUT2D eigenvalue weighted by Crippen LogP contribution is 2.24. The van der Waals surface area contributed by atoms with E-state index in [1.165, 1.54) is 19.3 Å². The fraction of sp³-hybridized carbons (Fsp3) is 0.500. The van der Waals surface area contributed by atoms with Gasteiger partial charge in [0.25, 0.3) is 0 Å². The molecule has 2 rings (SSSR count). The van der Waals surface area contributed by atoms with Crippen LogP contribution >= 0.6 is 0 Å². The fourth-order valence-electron chi connectivity index (χ4n) is 2.30. The normalized spacial score (nSPS) is 16.8. The molecule has 1 aromatic rings. The summed E-state index contributed by atoms with van der Waals surface area (Å²) in [5.74, 6) is 0.322. The van der Waals surface area contributed by atoms with Crippen LogP contribution in [-0.2, 0) is 11.4 Å². The largest absolute Gasteiger partial charge is 0.392 e. The van der Waals surface area contributed by atoms with Gasteiger partial charge in [-0.2, -0.15) is 0 Å². The summed E-state index contributed by atoms with van der Waals surface area (Å²) >= 11 is 0. The summed E-state index contributed by atoms with van der Waals surface area (Å²) in [4.78, 5) is 12.0. The third kappa shape index (κ3) is 3.30. The lowest BCUT2D eigenvalue weighted by molar-refractivity contribution is -0.120. The van der Waals surface area contributed by atoms with Gasteiger partial charge in [0, 0.05) is 11.6 Å². The second kappa shape index (κ2) is 5.82. The highest BCUT2D eigenvalue weighted by Gasteiger charge is 2.20. The molecule has 0 aromatic heterocycles. The smallest absolute Gasteiger partial charge is 0.227 e. The number of rotatable bonds is 3. The minimum atomic E-state index is 0.0385. The summed E-state index contributed by atoms with van der Waals surface area (Å²) in [6, 6.07) is 7.34.